The van der Waals surface area contributed by atoms with Gasteiger partial charge in [0.1, 0.15) is 17.1 Å². The number of H-pyrrole nitrogens is 1. The SMILES string of the molecule is CCn1nc(C)cc1-c1ncc2c(n1)[nH]c1c(OCCCO[Si](C)(C)C(C)(C)C)cc(C(N)=O)cc12. The number of benzene rings is 1. The standard InChI is InChI=1S/C26H36N6O3Si/c1-8-32-20(12-16(2)31-32)25-28-15-19-18-13-17(23(27)33)14-21(22(18)29-24(19)30-25)34-10-9-11-35-36(6,7)26(3,4)5/h12-15H,8-11H2,1-7H3,(H2,27,33)(H,28,29,30). The number of aryl methyl sites for hydroxylation is 2. The maximum Gasteiger partial charge on any atom is 0.248 e. The van der Waals surface area contributed by atoms with E-state index in [9.17, 15) is 4.79 Å². The van der Waals surface area contributed by atoms with Crippen molar-refractivity contribution >= 4 is 36.2 Å². The Kier molecular flexibility index (Phi) is 6.94. The Balaban J connectivity index is 1.63. The van der Waals surface area contributed by atoms with E-state index >= 15 is 0 Å². The van der Waals surface area contributed by atoms with Crippen molar-refractivity contribution in [3.05, 3.63) is 35.7 Å². The number of primary amides is 1. The molecule has 9 nitrogen and oxygen atoms in total. The third-order valence-corrected chi connectivity index (χ3v) is 11.5. The van der Waals surface area contributed by atoms with Gasteiger partial charge in [-0.3, -0.25) is 9.48 Å². The summed E-state index contributed by atoms with van der Waals surface area (Å²) in [7, 11) is -1.81. The van der Waals surface area contributed by atoms with Gasteiger partial charge in [0.15, 0.2) is 14.1 Å². The molecule has 4 aromatic rings. The van der Waals surface area contributed by atoms with Crippen LogP contribution >= 0.6 is 0 Å². The summed E-state index contributed by atoms with van der Waals surface area (Å²) in [6.45, 7) is 16.9. The van der Waals surface area contributed by atoms with Crippen molar-refractivity contribution in [2.24, 2.45) is 5.73 Å². The number of carbonyl (C=O) groups is 1. The highest BCUT2D eigenvalue weighted by Gasteiger charge is 2.36. The number of rotatable bonds is 9. The summed E-state index contributed by atoms with van der Waals surface area (Å²) >= 11 is 0. The van der Waals surface area contributed by atoms with Crippen molar-refractivity contribution in [2.45, 2.75) is 65.7 Å². The van der Waals surface area contributed by atoms with E-state index in [1.54, 1.807) is 18.3 Å². The van der Waals surface area contributed by atoms with Crippen molar-refractivity contribution in [3.63, 3.8) is 0 Å². The van der Waals surface area contributed by atoms with Gasteiger partial charge in [-0.15, -0.1) is 0 Å². The molecule has 10 heteroatoms. The molecule has 0 spiro atoms. The average molecular weight is 509 g/mol. The number of amides is 1. The van der Waals surface area contributed by atoms with Crippen LogP contribution in [0.1, 0.15) is 50.2 Å². The van der Waals surface area contributed by atoms with Crippen molar-refractivity contribution in [1.29, 1.82) is 0 Å². The largest absolute Gasteiger partial charge is 0.491 e. The maximum atomic E-state index is 12.0. The van der Waals surface area contributed by atoms with Crippen LogP contribution in [-0.4, -0.2) is 52.2 Å². The lowest BCUT2D eigenvalue weighted by atomic mass is 10.1. The normalized spacial score (nSPS) is 12.5. The molecular formula is C26H36N6O3Si. The van der Waals surface area contributed by atoms with E-state index in [0.29, 0.717) is 36.0 Å². The first kappa shape index (κ1) is 25.8. The van der Waals surface area contributed by atoms with Gasteiger partial charge in [0.05, 0.1) is 17.8 Å². The predicted molar refractivity (Wildman–Crippen MR) is 145 cm³/mol. The van der Waals surface area contributed by atoms with Gasteiger partial charge in [0.25, 0.3) is 0 Å². The minimum Gasteiger partial charge on any atom is -0.491 e. The number of carbonyl (C=O) groups excluding carboxylic acids is 1. The van der Waals surface area contributed by atoms with Crippen LogP contribution in [0.2, 0.25) is 18.1 Å². The number of nitrogens with two attached hydrogens (primary N) is 1. The fourth-order valence-electron chi connectivity index (χ4n) is 3.88. The summed E-state index contributed by atoms with van der Waals surface area (Å²) in [5, 5.41) is 6.24. The molecule has 0 saturated heterocycles. The van der Waals surface area contributed by atoms with Gasteiger partial charge in [-0.25, -0.2) is 9.97 Å². The van der Waals surface area contributed by atoms with E-state index in [4.69, 9.17) is 19.9 Å². The van der Waals surface area contributed by atoms with Gasteiger partial charge < -0.3 is 19.9 Å². The second kappa shape index (κ2) is 9.66. The highest BCUT2D eigenvalue weighted by molar-refractivity contribution is 6.74. The van der Waals surface area contributed by atoms with Crippen molar-refractivity contribution in [2.75, 3.05) is 13.2 Å². The van der Waals surface area contributed by atoms with Crippen LogP contribution in [0, 0.1) is 6.92 Å². The topological polar surface area (TPSA) is 121 Å². The molecule has 0 aliphatic carbocycles. The molecule has 0 atom stereocenters. The Labute approximate surface area is 212 Å². The predicted octanol–water partition coefficient (Wildman–Crippen LogP) is 5.19. The highest BCUT2D eigenvalue weighted by Crippen LogP contribution is 2.37. The number of nitrogens with zero attached hydrogens (tertiary/aromatic N) is 4. The van der Waals surface area contributed by atoms with Crippen LogP contribution in [0.4, 0.5) is 0 Å². The Hall–Kier alpha value is -3.24. The van der Waals surface area contributed by atoms with E-state index in [0.717, 1.165) is 40.6 Å². The number of nitrogens with one attached hydrogen (secondary N) is 1. The molecule has 0 bridgehead atoms. The summed E-state index contributed by atoms with van der Waals surface area (Å²) in [6.07, 6.45) is 2.50. The molecule has 1 amide bonds. The van der Waals surface area contributed by atoms with Gasteiger partial charge >= 0.3 is 0 Å². The first-order valence-electron chi connectivity index (χ1n) is 12.3. The number of hydrogen-bond acceptors (Lipinski definition) is 6. The van der Waals surface area contributed by atoms with E-state index < -0.39 is 14.2 Å². The maximum absolute atomic E-state index is 12.0. The third-order valence-electron chi connectivity index (χ3n) is 6.96. The summed E-state index contributed by atoms with van der Waals surface area (Å²) in [5.41, 5.74) is 9.17. The number of fused-ring (bicyclic) bond motifs is 3. The summed E-state index contributed by atoms with van der Waals surface area (Å²) in [4.78, 5) is 24.8. The third kappa shape index (κ3) is 5.01. The molecule has 192 valence electrons. The lowest BCUT2D eigenvalue weighted by molar-refractivity contribution is 0.1000. The Morgan fingerprint density at radius 1 is 1.17 bits per heavy atom. The van der Waals surface area contributed by atoms with Gasteiger partial charge in [0, 0.05) is 42.1 Å². The van der Waals surface area contributed by atoms with Gasteiger partial charge in [-0.2, -0.15) is 5.10 Å². The van der Waals surface area contributed by atoms with Crippen LogP contribution in [-0.2, 0) is 11.0 Å². The second-order valence-corrected chi connectivity index (χ2v) is 15.4. The molecule has 3 aromatic heterocycles. The van der Waals surface area contributed by atoms with Gasteiger partial charge in [-0.05, 0) is 50.2 Å². The van der Waals surface area contributed by atoms with Crippen molar-refractivity contribution < 1.29 is 14.0 Å². The minimum absolute atomic E-state index is 0.160. The zero-order valence-electron chi connectivity index (χ0n) is 22.2. The molecule has 3 heterocycles. The zero-order valence-corrected chi connectivity index (χ0v) is 23.2. The molecule has 0 unspecified atom stereocenters. The van der Waals surface area contributed by atoms with Crippen LogP contribution in [0.15, 0.2) is 24.4 Å². The Bertz CT molecular complexity index is 1420. The molecule has 0 fully saturated rings. The van der Waals surface area contributed by atoms with E-state index in [1.165, 1.54) is 0 Å². The van der Waals surface area contributed by atoms with Crippen LogP contribution in [0.3, 0.4) is 0 Å². The van der Waals surface area contributed by atoms with E-state index in [-0.39, 0.29) is 5.04 Å². The van der Waals surface area contributed by atoms with Crippen LogP contribution in [0.25, 0.3) is 33.5 Å². The fraction of sp³-hybridized carbons (Fsp3) is 0.462. The fourth-order valence-corrected chi connectivity index (χ4v) is 4.97. The first-order valence-corrected chi connectivity index (χ1v) is 15.3. The summed E-state index contributed by atoms with van der Waals surface area (Å²) in [6, 6.07) is 5.41. The Morgan fingerprint density at radius 3 is 2.58 bits per heavy atom. The lowest BCUT2D eigenvalue weighted by Crippen LogP contribution is -2.41. The second-order valence-electron chi connectivity index (χ2n) is 10.6. The van der Waals surface area contributed by atoms with E-state index in [2.05, 4.69) is 48.9 Å². The quantitative estimate of drug-likeness (QED) is 0.237. The molecule has 3 N–H and O–H groups in total. The lowest BCUT2D eigenvalue weighted by Gasteiger charge is -2.36. The average Bonchev–Trinajstić information content (AvgIpc) is 3.37. The highest BCUT2D eigenvalue weighted by atomic mass is 28.4. The van der Waals surface area contributed by atoms with Crippen LogP contribution in [0.5, 0.6) is 5.75 Å². The van der Waals surface area contributed by atoms with Gasteiger partial charge in [0.2, 0.25) is 5.91 Å². The van der Waals surface area contributed by atoms with Gasteiger partial charge in [-0.1, -0.05) is 20.8 Å². The molecular weight excluding hydrogens is 472 g/mol. The first-order chi connectivity index (χ1) is 16.9. The molecule has 0 saturated carbocycles. The minimum atomic E-state index is -1.81. The number of aromatic amines is 1. The molecule has 36 heavy (non-hydrogen) atoms. The Morgan fingerprint density at radius 2 is 1.92 bits per heavy atom. The molecule has 0 radical (unpaired) electrons. The molecule has 4 rings (SSSR count). The number of aromatic nitrogens is 5. The van der Waals surface area contributed by atoms with Crippen LogP contribution < -0.4 is 10.5 Å². The summed E-state index contributed by atoms with van der Waals surface area (Å²) in [5.74, 6) is 0.622. The number of ether oxygens (including phenoxy) is 1. The molecule has 0 aliphatic rings. The monoisotopic (exact) mass is 508 g/mol. The zero-order chi connectivity index (χ0) is 26.3. The number of hydrogen-bond donors (Lipinski definition) is 2. The molecule has 0 aliphatic heterocycles. The molecule has 1 aromatic carbocycles. The summed E-state index contributed by atoms with van der Waals surface area (Å²) < 4.78 is 14.3. The smallest absolute Gasteiger partial charge is 0.248 e. The van der Waals surface area contributed by atoms with E-state index in [1.807, 2.05) is 24.6 Å². The van der Waals surface area contributed by atoms with Crippen molar-refractivity contribution in [1.82, 2.24) is 24.7 Å². The van der Waals surface area contributed by atoms with Crippen molar-refractivity contribution in [3.8, 4) is 17.3 Å².